The zero-order valence-corrected chi connectivity index (χ0v) is 9.60. The standard InChI is InChI=1S/C12H6F6N2/c13-5-3-20-2-1-4(5)12(19)6-7(14)9(16)11(18)10(17)8(6)15/h1-3,12H,19H2. The van der Waals surface area contributed by atoms with Crippen LogP contribution in [0.3, 0.4) is 0 Å². The Labute approximate surface area is 108 Å². The van der Waals surface area contributed by atoms with Gasteiger partial charge in [0.05, 0.1) is 17.8 Å². The second-order valence-electron chi connectivity index (χ2n) is 3.86. The zero-order valence-electron chi connectivity index (χ0n) is 9.60. The smallest absolute Gasteiger partial charge is 0.200 e. The van der Waals surface area contributed by atoms with Crippen LogP contribution in [0.2, 0.25) is 0 Å². The van der Waals surface area contributed by atoms with E-state index in [0.29, 0.717) is 6.20 Å². The highest BCUT2D eigenvalue weighted by Gasteiger charge is 2.30. The first kappa shape index (κ1) is 14.3. The van der Waals surface area contributed by atoms with E-state index in [1.54, 1.807) is 0 Å². The van der Waals surface area contributed by atoms with E-state index in [1.165, 1.54) is 0 Å². The highest BCUT2D eigenvalue weighted by molar-refractivity contribution is 5.34. The lowest BCUT2D eigenvalue weighted by atomic mass is 9.98. The van der Waals surface area contributed by atoms with E-state index in [4.69, 9.17) is 5.73 Å². The second-order valence-corrected chi connectivity index (χ2v) is 3.86. The molecule has 106 valence electrons. The van der Waals surface area contributed by atoms with Crippen LogP contribution in [0.5, 0.6) is 0 Å². The average molecular weight is 292 g/mol. The molecule has 0 bridgehead atoms. The van der Waals surface area contributed by atoms with Gasteiger partial charge in [-0.25, -0.2) is 26.3 Å². The predicted octanol–water partition coefficient (Wildman–Crippen LogP) is 2.96. The number of benzene rings is 1. The quantitative estimate of drug-likeness (QED) is 0.525. The van der Waals surface area contributed by atoms with Gasteiger partial charge in [0.1, 0.15) is 5.82 Å². The number of hydrogen-bond donors (Lipinski definition) is 1. The number of hydrogen-bond acceptors (Lipinski definition) is 2. The summed E-state index contributed by atoms with van der Waals surface area (Å²) in [5.41, 5.74) is 3.66. The molecule has 0 spiro atoms. The van der Waals surface area contributed by atoms with Gasteiger partial charge in [-0.15, -0.1) is 0 Å². The molecule has 1 atom stereocenters. The Morgan fingerprint density at radius 3 is 1.85 bits per heavy atom. The predicted molar refractivity (Wildman–Crippen MR) is 56.5 cm³/mol. The normalized spacial score (nSPS) is 12.6. The maximum atomic E-state index is 13.5. The number of halogens is 6. The average Bonchev–Trinajstić information content (AvgIpc) is 2.43. The van der Waals surface area contributed by atoms with E-state index in [2.05, 4.69) is 4.98 Å². The molecule has 0 fully saturated rings. The molecule has 0 aliphatic carbocycles. The molecule has 8 heteroatoms. The van der Waals surface area contributed by atoms with Crippen LogP contribution in [-0.2, 0) is 0 Å². The van der Waals surface area contributed by atoms with Crippen molar-refractivity contribution in [3.05, 3.63) is 64.5 Å². The fourth-order valence-electron chi connectivity index (χ4n) is 1.69. The van der Waals surface area contributed by atoms with Gasteiger partial charge >= 0.3 is 0 Å². The minimum atomic E-state index is -2.30. The van der Waals surface area contributed by atoms with Crippen LogP contribution in [0.1, 0.15) is 17.2 Å². The van der Waals surface area contributed by atoms with Gasteiger partial charge in [0.2, 0.25) is 5.82 Å². The lowest BCUT2D eigenvalue weighted by molar-refractivity contribution is 0.366. The van der Waals surface area contributed by atoms with Gasteiger partial charge in [0, 0.05) is 11.8 Å². The molecule has 1 heterocycles. The van der Waals surface area contributed by atoms with E-state index >= 15 is 0 Å². The number of nitrogens with two attached hydrogens (primary N) is 1. The molecule has 1 aromatic heterocycles. The molecular weight excluding hydrogens is 286 g/mol. The Balaban J connectivity index is 2.68. The van der Waals surface area contributed by atoms with Crippen molar-refractivity contribution in [3.8, 4) is 0 Å². The SMILES string of the molecule is NC(c1ccncc1F)c1c(F)c(F)c(F)c(F)c1F. The summed E-state index contributed by atoms with van der Waals surface area (Å²) in [6, 6.07) is -0.875. The summed E-state index contributed by atoms with van der Waals surface area (Å²) in [6.45, 7) is 0. The molecule has 0 aliphatic heterocycles. The summed E-state index contributed by atoms with van der Waals surface area (Å²) < 4.78 is 79.5. The molecule has 0 aliphatic rings. The summed E-state index contributed by atoms with van der Waals surface area (Å²) in [5, 5.41) is 0. The number of nitrogens with zero attached hydrogens (tertiary/aromatic N) is 1. The summed E-state index contributed by atoms with van der Waals surface area (Å²) in [4.78, 5) is 3.39. The molecular formula is C12H6F6N2. The molecule has 20 heavy (non-hydrogen) atoms. The molecule has 0 saturated heterocycles. The third-order valence-corrected chi connectivity index (χ3v) is 2.69. The molecule has 2 rings (SSSR count). The largest absolute Gasteiger partial charge is 0.320 e. The Morgan fingerprint density at radius 1 is 0.850 bits per heavy atom. The monoisotopic (exact) mass is 292 g/mol. The topological polar surface area (TPSA) is 38.9 Å². The fourth-order valence-corrected chi connectivity index (χ4v) is 1.69. The van der Waals surface area contributed by atoms with Crippen molar-refractivity contribution in [2.24, 2.45) is 5.73 Å². The van der Waals surface area contributed by atoms with E-state index in [0.717, 1.165) is 12.3 Å². The molecule has 0 amide bonds. The van der Waals surface area contributed by atoms with Crippen LogP contribution in [0.15, 0.2) is 18.5 Å². The maximum Gasteiger partial charge on any atom is 0.200 e. The second kappa shape index (κ2) is 5.12. The highest BCUT2D eigenvalue weighted by atomic mass is 19.2. The minimum Gasteiger partial charge on any atom is -0.320 e. The van der Waals surface area contributed by atoms with Crippen molar-refractivity contribution < 1.29 is 26.3 Å². The third kappa shape index (κ3) is 2.11. The van der Waals surface area contributed by atoms with E-state index in [-0.39, 0.29) is 0 Å². The summed E-state index contributed by atoms with van der Waals surface area (Å²) in [6.07, 6.45) is 1.78. The molecule has 1 aromatic carbocycles. The van der Waals surface area contributed by atoms with Crippen LogP contribution in [0, 0.1) is 34.9 Å². The van der Waals surface area contributed by atoms with Crippen molar-refractivity contribution in [2.75, 3.05) is 0 Å². The Hall–Kier alpha value is -2.09. The highest BCUT2D eigenvalue weighted by Crippen LogP contribution is 2.30. The third-order valence-electron chi connectivity index (χ3n) is 2.69. The van der Waals surface area contributed by atoms with Gasteiger partial charge in [-0.2, -0.15) is 0 Å². The molecule has 1 unspecified atom stereocenters. The van der Waals surface area contributed by atoms with Gasteiger partial charge in [-0.05, 0) is 6.07 Å². The number of aromatic nitrogens is 1. The van der Waals surface area contributed by atoms with Crippen molar-refractivity contribution in [3.63, 3.8) is 0 Å². The van der Waals surface area contributed by atoms with E-state index in [1.807, 2.05) is 0 Å². The van der Waals surface area contributed by atoms with E-state index < -0.39 is 52.1 Å². The maximum absolute atomic E-state index is 13.5. The first-order valence-corrected chi connectivity index (χ1v) is 5.22. The molecule has 0 saturated carbocycles. The lowest BCUT2D eigenvalue weighted by Gasteiger charge is -2.16. The van der Waals surface area contributed by atoms with Crippen LogP contribution < -0.4 is 5.73 Å². The van der Waals surface area contributed by atoms with Crippen molar-refractivity contribution >= 4 is 0 Å². The van der Waals surface area contributed by atoms with Gasteiger partial charge < -0.3 is 5.73 Å². The Morgan fingerprint density at radius 2 is 1.35 bits per heavy atom. The Bertz CT molecular complexity index is 644. The van der Waals surface area contributed by atoms with Crippen LogP contribution in [0.25, 0.3) is 0 Å². The van der Waals surface area contributed by atoms with Gasteiger partial charge in [0.25, 0.3) is 0 Å². The lowest BCUT2D eigenvalue weighted by Crippen LogP contribution is -2.20. The Kier molecular flexibility index (Phi) is 3.67. The molecule has 2 nitrogen and oxygen atoms in total. The summed E-state index contributed by atoms with van der Waals surface area (Å²) in [5.74, 6) is -11.8. The van der Waals surface area contributed by atoms with Crippen LogP contribution >= 0.6 is 0 Å². The van der Waals surface area contributed by atoms with Crippen molar-refractivity contribution in [1.29, 1.82) is 0 Å². The fraction of sp³-hybridized carbons (Fsp3) is 0.0833. The van der Waals surface area contributed by atoms with Crippen molar-refractivity contribution in [1.82, 2.24) is 4.98 Å². The minimum absolute atomic E-state index is 0.441. The van der Waals surface area contributed by atoms with Crippen LogP contribution in [0.4, 0.5) is 26.3 Å². The van der Waals surface area contributed by atoms with Crippen LogP contribution in [-0.4, -0.2) is 4.98 Å². The number of rotatable bonds is 2. The molecule has 2 aromatic rings. The number of pyridine rings is 1. The summed E-state index contributed by atoms with van der Waals surface area (Å²) in [7, 11) is 0. The van der Waals surface area contributed by atoms with E-state index in [9.17, 15) is 26.3 Å². The first-order valence-electron chi connectivity index (χ1n) is 5.22. The van der Waals surface area contributed by atoms with Gasteiger partial charge in [0.15, 0.2) is 23.3 Å². The molecule has 2 N–H and O–H groups in total. The summed E-state index contributed by atoms with van der Waals surface area (Å²) >= 11 is 0. The van der Waals surface area contributed by atoms with Crippen molar-refractivity contribution in [2.45, 2.75) is 6.04 Å². The van der Waals surface area contributed by atoms with Gasteiger partial charge in [-0.1, -0.05) is 0 Å². The molecule has 0 radical (unpaired) electrons. The zero-order chi connectivity index (χ0) is 15.0. The first-order chi connectivity index (χ1) is 9.36. The van der Waals surface area contributed by atoms with Gasteiger partial charge in [-0.3, -0.25) is 4.98 Å².